The van der Waals surface area contributed by atoms with E-state index in [1.165, 1.54) is 12.3 Å². The van der Waals surface area contributed by atoms with E-state index in [1.54, 1.807) is 7.11 Å². The first kappa shape index (κ1) is 14.9. The molecule has 6 heteroatoms. The van der Waals surface area contributed by atoms with Crippen LogP contribution in [0.15, 0.2) is 36.5 Å². The lowest BCUT2D eigenvalue weighted by Gasteiger charge is -2.37. The summed E-state index contributed by atoms with van der Waals surface area (Å²) in [5.74, 6) is 0.842. The van der Waals surface area contributed by atoms with E-state index < -0.39 is 0 Å². The van der Waals surface area contributed by atoms with Gasteiger partial charge in [0.05, 0.1) is 17.8 Å². The second kappa shape index (κ2) is 6.40. The van der Waals surface area contributed by atoms with Crippen LogP contribution in [0.5, 0.6) is 5.75 Å². The number of nitrogens with zero attached hydrogens (tertiary/aromatic N) is 3. The summed E-state index contributed by atoms with van der Waals surface area (Å²) >= 11 is 5.75. The third-order valence-corrected chi connectivity index (χ3v) is 4.00. The third-order valence-electron chi connectivity index (χ3n) is 3.79. The van der Waals surface area contributed by atoms with Crippen molar-refractivity contribution in [2.75, 3.05) is 43.1 Å². The average molecular weight is 322 g/mol. The number of hydrogen-bond acceptors (Lipinski definition) is 4. The molecule has 0 spiro atoms. The van der Waals surface area contributed by atoms with Gasteiger partial charge in [-0.2, -0.15) is 0 Å². The molecule has 0 bridgehead atoms. The summed E-state index contributed by atoms with van der Waals surface area (Å²) in [6.07, 6.45) is 1.48. The van der Waals surface area contributed by atoms with Crippen LogP contribution in [0.25, 0.3) is 0 Å². The van der Waals surface area contributed by atoms with Crippen molar-refractivity contribution in [3.05, 3.63) is 47.4 Å². The highest BCUT2D eigenvalue weighted by molar-refractivity contribution is 6.30. The lowest BCUT2D eigenvalue weighted by Crippen LogP contribution is -2.47. The second-order valence-corrected chi connectivity index (χ2v) is 5.54. The zero-order valence-corrected chi connectivity index (χ0v) is 13.1. The number of benzene rings is 1. The molecule has 3 rings (SSSR count). The van der Waals surface area contributed by atoms with Crippen molar-refractivity contribution in [1.29, 1.82) is 0 Å². The van der Waals surface area contributed by atoms with E-state index in [0.29, 0.717) is 23.9 Å². The Kier molecular flexibility index (Phi) is 4.34. The minimum Gasteiger partial charge on any atom is -0.495 e. The number of methoxy groups -OCH3 is 1. The molecule has 1 saturated heterocycles. The van der Waals surface area contributed by atoms with Crippen LogP contribution < -0.4 is 14.5 Å². The molecule has 2 heterocycles. The van der Waals surface area contributed by atoms with Crippen LogP contribution in [-0.2, 0) is 0 Å². The molecule has 0 saturated carbocycles. The van der Waals surface area contributed by atoms with Crippen LogP contribution in [0.2, 0.25) is 5.02 Å². The molecule has 116 valence electrons. The number of ether oxygens (including phenoxy) is 1. The molecule has 1 fully saturated rings. The number of aromatic nitrogens is 1. The number of halogens is 2. The van der Waals surface area contributed by atoms with E-state index in [-0.39, 0.29) is 5.82 Å². The fourth-order valence-electron chi connectivity index (χ4n) is 2.69. The molecule has 1 aliphatic heterocycles. The Bertz CT molecular complexity index is 660. The Hall–Kier alpha value is -2.01. The Labute approximate surface area is 134 Å². The second-order valence-electron chi connectivity index (χ2n) is 5.10. The minimum absolute atomic E-state index is 0.314. The molecule has 2 aromatic rings. The number of pyridine rings is 1. The van der Waals surface area contributed by atoms with Gasteiger partial charge in [0.25, 0.3) is 0 Å². The normalized spacial score (nSPS) is 15.0. The molecule has 1 aromatic carbocycles. The smallest absolute Gasteiger partial charge is 0.167 e. The van der Waals surface area contributed by atoms with E-state index in [4.69, 9.17) is 16.3 Å². The maximum absolute atomic E-state index is 14.0. The van der Waals surface area contributed by atoms with Crippen LogP contribution in [0.3, 0.4) is 0 Å². The summed E-state index contributed by atoms with van der Waals surface area (Å²) < 4.78 is 19.4. The molecule has 0 N–H and O–H groups in total. The first-order valence-electron chi connectivity index (χ1n) is 7.13. The van der Waals surface area contributed by atoms with Crippen LogP contribution in [0, 0.1) is 5.82 Å². The molecule has 0 unspecified atom stereocenters. The SMILES string of the molecule is COc1ccccc1N1CCN(c2ncc(Cl)cc2F)CC1. The summed E-state index contributed by atoms with van der Waals surface area (Å²) in [7, 11) is 1.67. The van der Waals surface area contributed by atoms with E-state index in [0.717, 1.165) is 24.5 Å². The third kappa shape index (κ3) is 2.95. The lowest BCUT2D eigenvalue weighted by atomic mass is 10.2. The quantitative estimate of drug-likeness (QED) is 0.868. The number of para-hydroxylation sites is 2. The van der Waals surface area contributed by atoms with E-state index in [1.807, 2.05) is 29.2 Å². The van der Waals surface area contributed by atoms with Gasteiger partial charge in [0, 0.05) is 32.4 Å². The number of rotatable bonds is 3. The highest BCUT2D eigenvalue weighted by Crippen LogP contribution is 2.29. The summed E-state index contributed by atoms with van der Waals surface area (Å²) in [5, 5.41) is 0.314. The van der Waals surface area contributed by atoms with Crippen molar-refractivity contribution in [3.8, 4) is 5.75 Å². The van der Waals surface area contributed by atoms with Crippen LogP contribution >= 0.6 is 11.6 Å². The Morgan fingerprint density at radius 3 is 2.50 bits per heavy atom. The van der Waals surface area contributed by atoms with Gasteiger partial charge in [-0.25, -0.2) is 9.37 Å². The van der Waals surface area contributed by atoms with Crippen molar-refractivity contribution >= 4 is 23.1 Å². The Morgan fingerprint density at radius 2 is 1.82 bits per heavy atom. The van der Waals surface area contributed by atoms with Crippen LogP contribution in [0.4, 0.5) is 15.9 Å². The number of hydrogen-bond donors (Lipinski definition) is 0. The van der Waals surface area contributed by atoms with Crippen LogP contribution in [-0.4, -0.2) is 38.3 Å². The first-order valence-corrected chi connectivity index (χ1v) is 7.51. The Morgan fingerprint density at radius 1 is 1.14 bits per heavy atom. The minimum atomic E-state index is -0.377. The van der Waals surface area contributed by atoms with Crippen molar-refractivity contribution in [2.24, 2.45) is 0 Å². The molecule has 0 atom stereocenters. The Balaban J connectivity index is 1.72. The fraction of sp³-hybridized carbons (Fsp3) is 0.312. The summed E-state index contributed by atoms with van der Waals surface area (Å²) in [4.78, 5) is 8.29. The zero-order chi connectivity index (χ0) is 15.5. The van der Waals surface area contributed by atoms with Gasteiger partial charge in [-0.3, -0.25) is 0 Å². The highest BCUT2D eigenvalue weighted by atomic mass is 35.5. The molecular weight excluding hydrogens is 305 g/mol. The van der Waals surface area contributed by atoms with E-state index in [2.05, 4.69) is 9.88 Å². The lowest BCUT2D eigenvalue weighted by molar-refractivity contribution is 0.413. The van der Waals surface area contributed by atoms with Gasteiger partial charge in [-0.1, -0.05) is 23.7 Å². The largest absolute Gasteiger partial charge is 0.495 e. The van der Waals surface area contributed by atoms with Gasteiger partial charge in [-0.05, 0) is 18.2 Å². The summed E-state index contributed by atoms with van der Waals surface area (Å²) in [5.41, 5.74) is 1.06. The predicted molar refractivity (Wildman–Crippen MR) is 86.6 cm³/mol. The number of anilines is 2. The summed E-state index contributed by atoms with van der Waals surface area (Å²) in [6, 6.07) is 9.23. The predicted octanol–water partition coefficient (Wildman–Crippen LogP) is 3.21. The number of piperazine rings is 1. The van der Waals surface area contributed by atoms with Crippen LogP contribution in [0.1, 0.15) is 0 Å². The molecule has 0 aliphatic carbocycles. The van der Waals surface area contributed by atoms with Crippen molar-refractivity contribution in [2.45, 2.75) is 0 Å². The fourth-order valence-corrected chi connectivity index (χ4v) is 2.83. The zero-order valence-electron chi connectivity index (χ0n) is 12.3. The van der Waals surface area contributed by atoms with Crippen molar-refractivity contribution in [3.63, 3.8) is 0 Å². The highest BCUT2D eigenvalue weighted by Gasteiger charge is 2.22. The molecule has 0 amide bonds. The van der Waals surface area contributed by atoms with Crippen molar-refractivity contribution < 1.29 is 9.13 Å². The van der Waals surface area contributed by atoms with E-state index >= 15 is 0 Å². The van der Waals surface area contributed by atoms with Gasteiger partial charge >= 0.3 is 0 Å². The molecule has 1 aromatic heterocycles. The monoisotopic (exact) mass is 321 g/mol. The van der Waals surface area contributed by atoms with Gasteiger partial charge in [0.1, 0.15) is 5.75 Å². The molecule has 4 nitrogen and oxygen atoms in total. The first-order chi connectivity index (χ1) is 10.7. The summed E-state index contributed by atoms with van der Waals surface area (Å²) in [6.45, 7) is 2.96. The molecule has 1 aliphatic rings. The van der Waals surface area contributed by atoms with Gasteiger partial charge in [-0.15, -0.1) is 0 Å². The van der Waals surface area contributed by atoms with Gasteiger partial charge < -0.3 is 14.5 Å². The van der Waals surface area contributed by atoms with Gasteiger partial charge in [0.15, 0.2) is 11.6 Å². The molecular formula is C16H17ClFN3O. The van der Waals surface area contributed by atoms with E-state index in [9.17, 15) is 4.39 Å². The maximum atomic E-state index is 14.0. The van der Waals surface area contributed by atoms with Gasteiger partial charge in [0.2, 0.25) is 0 Å². The molecule has 0 radical (unpaired) electrons. The topological polar surface area (TPSA) is 28.6 Å². The molecule has 22 heavy (non-hydrogen) atoms. The maximum Gasteiger partial charge on any atom is 0.167 e. The standard InChI is InChI=1S/C16H17ClFN3O/c1-22-15-5-3-2-4-14(15)20-6-8-21(9-7-20)16-13(18)10-12(17)11-19-16/h2-5,10-11H,6-9H2,1H3. The average Bonchev–Trinajstić information content (AvgIpc) is 2.55. The van der Waals surface area contributed by atoms with Crippen molar-refractivity contribution in [1.82, 2.24) is 4.98 Å².